The predicted octanol–water partition coefficient (Wildman–Crippen LogP) is 3.25. The maximum atomic E-state index is 13.5. The Morgan fingerprint density at radius 2 is 1.90 bits per heavy atom. The first-order valence-corrected chi connectivity index (χ1v) is 10.9. The number of amides is 1. The monoisotopic (exact) mass is 422 g/mol. The maximum absolute atomic E-state index is 13.5. The molecule has 6 nitrogen and oxygen atoms in total. The first-order valence-electron chi connectivity index (χ1n) is 10.9. The zero-order valence-electron chi connectivity index (χ0n) is 17.5. The second-order valence-corrected chi connectivity index (χ2v) is 8.00. The molecule has 0 bridgehead atoms. The number of benzene rings is 2. The van der Waals surface area contributed by atoms with Crippen molar-refractivity contribution in [2.45, 2.75) is 51.1 Å². The molecule has 0 spiro atoms. The highest BCUT2D eigenvalue weighted by atomic mass is 19.1. The highest BCUT2D eigenvalue weighted by molar-refractivity contribution is 5.80. The van der Waals surface area contributed by atoms with Crippen LogP contribution in [-0.4, -0.2) is 26.8 Å². The quantitative estimate of drug-likeness (QED) is 0.595. The molecular formula is C24H27FN4O2. The van der Waals surface area contributed by atoms with Gasteiger partial charge in [-0.2, -0.15) is 5.10 Å². The highest BCUT2D eigenvalue weighted by Gasteiger charge is 2.28. The van der Waals surface area contributed by atoms with Crippen LogP contribution in [0, 0.1) is 5.82 Å². The number of hydrogen-bond acceptors (Lipinski definition) is 3. The van der Waals surface area contributed by atoms with Crippen LogP contribution in [-0.2, 0) is 24.2 Å². The topological polar surface area (TPSA) is 68.9 Å². The van der Waals surface area contributed by atoms with Gasteiger partial charge < -0.3 is 5.32 Å². The van der Waals surface area contributed by atoms with E-state index < -0.39 is 6.04 Å². The van der Waals surface area contributed by atoms with E-state index in [2.05, 4.69) is 22.5 Å². The minimum Gasteiger partial charge on any atom is -0.354 e. The zero-order chi connectivity index (χ0) is 21.6. The number of carbonyl (C=O) groups is 1. The van der Waals surface area contributed by atoms with E-state index in [-0.39, 0.29) is 24.0 Å². The molecule has 1 aromatic heterocycles. The lowest BCUT2D eigenvalue weighted by Crippen LogP contribution is -2.38. The first kappa shape index (κ1) is 21.0. The van der Waals surface area contributed by atoms with E-state index in [1.54, 1.807) is 16.7 Å². The van der Waals surface area contributed by atoms with E-state index >= 15 is 0 Å². The van der Waals surface area contributed by atoms with Crippen molar-refractivity contribution in [2.24, 2.45) is 0 Å². The van der Waals surface area contributed by atoms with Crippen LogP contribution in [0.4, 0.5) is 4.39 Å². The number of nitrogens with one attached hydrogen (secondary N) is 1. The van der Waals surface area contributed by atoms with Crippen molar-refractivity contribution in [2.75, 3.05) is 6.54 Å². The molecule has 1 N–H and O–H groups in total. The number of carbonyl (C=O) groups excluding carboxylic acids is 1. The van der Waals surface area contributed by atoms with Crippen LogP contribution in [0.25, 0.3) is 0 Å². The Hall–Kier alpha value is -3.22. The molecule has 3 aromatic rings. The molecule has 0 radical (unpaired) electrons. The van der Waals surface area contributed by atoms with Gasteiger partial charge in [-0.3, -0.25) is 9.36 Å². The summed E-state index contributed by atoms with van der Waals surface area (Å²) >= 11 is 0. The van der Waals surface area contributed by atoms with E-state index in [1.165, 1.54) is 22.4 Å². The largest absolute Gasteiger partial charge is 0.354 e. The molecule has 31 heavy (non-hydrogen) atoms. The van der Waals surface area contributed by atoms with Crippen LogP contribution in [0.2, 0.25) is 0 Å². The standard InChI is InChI=1S/C24H27FN4O2/c25-20-12-6-10-19(16-20)17-28-24(31)29-21(13-4-5-14-22(29)27-28)23(30)26-15-7-11-18-8-2-1-3-9-18/h1-3,6,8-10,12,16,21H,4-5,7,11,13-15,17H2,(H,26,30). The number of aromatic nitrogens is 3. The lowest BCUT2D eigenvalue weighted by atomic mass is 10.1. The SMILES string of the molecule is O=C(NCCCc1ccccc1)C1CCCCc2nn(Cc3cccc(F)c3)c(=O)n21. The Balaban J connectivity index is 1.45. The number of hydrogen-bond donors (Lipinski definition) is 1. The van der Waals surface area contributed by atoms with Gasteiger partial charge in [-0.05, 0) is 48.9 Å². The van der Waals surface area contributed by atoms with Gasteiger partial charge in [0.2, 0.25) is 5.91 Å². The average molecular weight is 423 g/mol. The Labute approximate surface area is 180 Å². The van der Waals surface area contributed by atoms with E-state index in [4.69, 9.17) is 0 Å². The van der Waals surface area contributed by atoms with Gasteiger partial charge in [0.25, 0.3) is 0 Å². The average Bonchev–Trinajstić information content (AvgIpc) is 2.94. The molecule has 1 unspecified atom stereocenters. The molecule has 2 aromatic carbocycles. The fourth-order valence-corrected chi connectivity index (χ4v) is 4.12. The van der Waals surface area contributed by atoms with E-state index in [1.807, 2.05) is 18.2 Å². The third kappa shape index (κ3) is 5.10. The molecule has 1 amide bonds. The van der Waals surface area contributed by atoms with Gasteiger partial charge in [-0.25, -0.2) is 13.9 Å². The van der Waals surface area contributed by atoms with Crippen molar-refractivity contribution < 1.29 is 9.18 Å². The summed E-state index contributed by atoms with van der Waals surface area (Å²) in [6.45, 7) is 0.744. The van der Waals surface area contributed by atoms with Crippen molar-refractivity contribution in [3.05, 3.63) is 87.9 Å². The van der Waals surface area contributed by atoms with E-state index in [9.17, 15) is 14.0 Å². The van der Waals surface area contributed by atoms with Gasteiger partial charge >= 0.3 is 5.69 Å². The third-order valence-electron chi connectivity index (χ3n) is 5.69. The van der Waals surface area contributed by atoms with E-state index in [0.717, 1.165) is 25.7 Å². The number of halogens is 1. The zero-order valence-corrected chi connectivity index (χ0v) is 17.5. The van der Waals surface area contributed by atoms with Crippen molar-refractivity contribution in [3.63, 3.8) is 0 Å². The van der Waals surface area contributed by atoms with E-state index in [0.29, 0.717) is 30.8 Å². The number of rotatable bonds is 7. The highest BCUT2D eigenvalue weighted by Crippen LogP contribution is 2.21. The molecule has 4 rings (SSSR count). The number of nitrogens with zero attached hydrogens (tertiary/aromatic N) is 3. The third-order valence-corrected chi connectivity index (χ3v) is 5.69. The normalized spacial score (nSPS) is 15.8. The number of fused-ring (bicyclic) bond motifs is 1. The smallest absolute Gasteiger partial charge is 0.346 e. The van der Waals surface area contributed by atoms with Crippen molar-refractivity contribution in [1.82, 2.24) is 19.7 Å². The molecule has 0 saturated heterocycles. The van der Waals surface area contributed by atoms with Crippen molar-refractivity contribution in [1.29, 1.82) is 0 Å². The van der Waals surface area contributed by atoms with Crippen LogP contribution in [0.5, 0.6) is 0 Å². The van der Waals surface area contributed by atoms with Crippen LogP contribution in [0.15, 0.2) is 59.4 Å². The molecule has 0 aliphatic carbocycles. The molecule has 7 heteroatoms. The number of aryl methyl sites for hydroxylation is 2. The molecule has 1 aliphatic heterocycles. The molecular weight excluding hydrogens is 395 g/mol. The summed E-state index contributed by atoms with van der Waals surface area (Å²) in [7, 11) is 0. The summed E-state index contributed by atoms with van der Waals surface area (Å²) in [6.07, 6.45) is 4.75. The summed E-state index contributed by atoms with van der Waals surface area (Å²) in [4.78, 5) is 26.0. The molecule has 1 aliphatic rings. The second-order valence-electron chi connectivity index (χ2n) is 8.00. The molecule has 0 saturated carbocycles. The first-order chi connectivity index (χ1) is 15.1. The van der Waals surface area contributed by atoms with Crippen LogP contribution < -0.4 is 11.0 Å². The van der Waals surface area contributed by atoms with Crippen molar-refractivity contribution >= 4 is 5.91 Å². The lowest BCUT2D eigenvalue weighted by Gasteiger charge is -2.16. The van der Waals surface area contributed by atoms with Crippen LogP contribution in [0.3, 0.4) is 0 Å². The summed E-state index contributed by atoms with van der Waals surface area (Å²) in [5, 5.41) is 7.47. The summed E-state index contributed by atoms with van der Waals surface area (Å²) < 4.78 is 16.4. The van der Waals surface area contributed by atoms with Crippen LogP contribution in [0.1, 0.15) is 48.7 Å². The van der Waals surface area contributed by atoms with Gasteiger partial charge in [0.15, 0.2) is 0 Å². The molecule has 162 valence electrons. The second kappa shape index (κ2) is 9.73. The fraction of sp³-hybridized carbons (Fsp3) is 0.375. The summed E-state index contributed by atoms with van der Waals surface area (Å²) in [5.41, 5.74) is 1.59. The maximum Gasteiger partial charge on any atom is 0.346 e. The van der Waals surface area contributed by atoms with Gasteiger partial charge in [0.1, 0.15) is 17.7 Å². The molecule has 1 atom stereocenters. The summed E-state index contributed by atoms with van der Waals surface area (Å²) in [6, 6.07) is 15.7. The van der Waals surface area contributed by atoms with Gasteiger partial charge in [0, 0.05) is 13.0 Å². The Morgan fingerprint density at radius 1 is 1.10 bits per heavy atom. The summed E-state index contributed by atoms with van der Waals surface area (Å²) in [5.74, 6) is 0.144. The molecule has 0 fully saturated rings. The fourth-order valence-electron chi connectivity index (χ4n) is 4.12. The van der Waals surface area contributed by atoms with Gasteiger partial charge in [0.05, 0.1) is 6.54 Å². The van der Waals surface area contributed by atoms with Crippen LogP contribution >= 0.6 is 0 Å². The van der Waals surface area contributed by atoms with Gasteiger partial charge in [-0.15, -0.1) is 0 Å². The minimum absolute atomic E-state index is 0.136. The Bertz CT molecular complexity index is 1090. The lowest BCUT2D eigenvalue weighted by molar-refractivity contribution is -0.124. The Kier molecular flexibility index (Phi) is 6.60. The van der Waals surface area contributed by atoms with Crippen molar-refractivity contribution in [3.8, 4) is 0 Å². The Morgan fingerprint density at radius 3 is 2.71 bits per heavy atom. The minimum atomic E-state index is -0.553. The van der Waals surface area contributed by atoms with Gasteiger partial charge in [-0.1, -0.05) is 48.9 Å². The predicted molar refractivity (Wildman–Crippen MR) is 116 cm³/mol. The molecule has 2 heterocycles.